The summed E-state index contributed by atoms with van der Waals surface area (Å²) < 4.78 is 15.9. The van der Waals surface area contributed by atoms with Crippen LogP contribution >= 0.6 is 0 Å². The second-order valence-corrected chi connectivity index (χ2v) is 6.54. The Bertz CT molecular complexity index is 1080. The third-order valence-corrected chi connectivity index (χ3v) is 4.25. The molecule has 0 bridgehead atoms. The lowest BCUT2D eigenvalue weighted by Crippen LogP contribution is -2.24. The Hall–Kier alpha value is -4.13. The maximum Gasteiger partial charge on any atom is 0.343 e. The average molecular weight is 418 g/mol. The molecule has 0 aliphatic heterocycles. The summed E-state index contributed by atoms with van der Waals surface area (Å²) in [5, 5.41) is 3.91. The zero-order chi connectivity index (χ0) is 22.1. The summed E-state index contributed by atoms with van der Waals surface area (Å²) in [4.78, 5) is 24.2. The standard InChI is InChI=1S/C24H22N2O5/c1-17-6-3-4-9-22(17)30-16-23(27)26-25-15-18-7-5-8-21(14-18)31-24(28)19-10-12-20(29-2)13-11-19/h3-15H,16H2,1-2H3,(H,26,27)/b25-15-. The molecule has 3 aromatic rings. The number of rotatable bonds is 8. The fraction of sp³-hybridized carbons (Fsp3) is 0.125. The van der Waals surface area contributed by atoms with Crippen LogP contribution in [0.2, 0.25) is 0 Å². The molecule has 0 aliphatic rings. The molecule has 0 fully saturated rings. The molecule has 0 saturated heterocycles. The van der Waals surface area contributed by atoms with Crippen molar-refractivity contribution < 1.29 is 23.8 Å². The van der Waals surface area contributed by atoms with Gasteiger partial charge in [0.2, 0.25) is 0 Å². The molecule has 0 aromatic heterocycles. The van der Waals surface area contributed by atoms with E-state index in [4.69, 9.17) is 14.2 Å². The number of carbonyl (C=O) groups is 2. The first-order chi connectivity index (χ1) is 15.0. The topological polar surface area (TPSA) is 86.2 Å². The Morgan fingerprint density at radius 3 is 2.48 bits per heavy atom. The molecule has 3 aromatic carbocycles. The predicted octanol–water partition coefficient (Wildman–Crippen LogP) is 3.75. The van der Waals surface area contributed by atoms with E-state index in [1.165, 1.54) is 6.21 Å². The van der Waals surface area contributed by atoms with Crippen LogP contribution < -0.4 is 19.6 Å². The van der Waals surface area contributed by atoms with Crippen molar-refractivity contribution in [2.24, 2.45) is 5.10 Å². The molecule has 0 saturated carbocycles. The van der Waals surface area contributed by atoms with E-state index in [9.17, 15) is 9.59 Å². The normalized spacial score (nSPS) is 10.5. The Morgan fingerprint density at radius 1 is 0.968 bits per heavy atom. The van der Waals surface area contributed by atoms with Crippen molar-refractivity contribution in [3.05, 3.63) is 89.5 Å². The summed E-state index contributed by atoms with van der Waals surface area (Å²) in [7, 11) is 1.56. The van der Waals surface area contributed by atoms with Crippen molar-refractivity contribution in [3.63, 3.8) is 0 Å². The van der Waals surface area contributed by atoms with Crippen LogP contribution in [-0.2, 0) is 4.79 Å². The van der Waals surface area contributed by atoms with Crippen molar-refractivity contribution >= 4 is 18.1 Å². The molecule has 0 atom stereocenters. The molecular weight excluding hydrogens is 396 g/mol. The number of hydrazone groups is 1. The van der Waals surface area contributed by atoms with Crippen LogP contribution in [0.1, 0.15) is 21.5 Å². The summed E-state index contributed by atoms with van der Waals surface area (Å²) in [6, 6.07) is 20.9. The van der Waals surface area contributed by atoms with E-state index in [-0.39, 0.29) is 12.5 Å². The van der Waals surface area contributed by atoms with Crippen LogP contribution in [0.4, 0.5) is 0 Å². The third kappa shape index (κ3) is 6.43. The number of carbonyl (C=O) groups excluding carboxylic acids is 2. The first-order valence-corrected chi connectivity index (χ1v) is 9.52. The highest BCUT2D eigenvalue weighted by Crippen LogP contribution is 2.17. The quantitative estimate of drug-likeness (QED) is 0.261. The summed E-state index contributed by atoms with van der Waals surface area (Å²) in [6.07, 6.45) is 1.45. The van der Waals surface area contributed by atoms with Gasteiger partial charge in [0.1, 0.15) is 17.2 Å². The van der Waals surface area contributed by atoms with Crippen LogP contribution in [-0.4, -0.2) is 31.8 Å². The minimum absolute atomic E-state index is 0.151. The number of amides is 1. The zero-order valence-electron chi connectivity index (χ0n) is 17.2. The Morgan fingerprint density at radius 2 is 1.74 bits per heavy atom. The van der Waals surface area contributed by atoms with Gasteiger partial charge in [0.25, 0.3) is 5.91 Å². The first-order valence-electron chi connectivity index (χ1n) is 9.52. The molecule has 1 N–H and O–H groups in total. The van der Waals surface area contributed by atoms with E-state index < -0.39 is 5.97 Å². The number of nitrogens with one attached hydrogen (secondary N) is 1. The van der Waals surface area contributed by atoms with Gasteiger partial charge >= 0.3 is 5.97 Å². The van der Waals surface area contributed by atoms with Crippen LogP contribution in [0.3, 0.4) is 0 Å². The first kappa shape index (κ1) is 21.6. The molecule has 7 nitrogen and oxygen atoms in total. The molecule has 158 valence electrons. The highest BCUT2D eigenvalue weighted by molar-refractivity contribution is 5.91. The minimum Gasteiger partial charge on any atom is -0.497 e. The molecular formula is C24H22N2O5. The monoisotopic (exact) mass is 418 g/mol. The van der Waals surface area contributed by atoms with Crippen LogP contribution in [0.5, 0.6) is 17.2 Å². The second kappa shape index (κ2) is 10.6. The van der Waals surface area contributed by atoms with E-state index >= 15 is 0 Å². The Kier molecular flexibility index (Phi) is 7.37. The number of hydrogen-bond donors (Lipinski definition) is 1. The lowest BCUT2D eigenvalue weighted by atomic mass is 10.2. The fourth-order valence-electron chi connectivity index (χ4n) is 2.62. The molecule has 0 radical (unpaired) electrons. The van der Waals surface area contributed by atoms with Gasteiger partial charge in [-0.15, -0.1) is 0 Å². The van der Waals surface area contributed by atoms with Gasteiger partial charge in [-0.3, -0.25) is 4.79 Å². The van der Waals surface area contributed by atoms with E-state index in [0.717, 1.165) is 5.56 Å². The molecule has 0 heterocycles. The summed E-state index contributed by atoms with van der Waals surface area (Å²) >= 11 is 0. The summed E-state index contributed by atoms with van der Waals surface area (Å²) in [6.45, 7) is 1.75. The van der Waals surface area contributed by atoms with Crippen LogP contribution in [0, 0.1) is 6.92 Å². The smallest absolute Gasteiger partial charge is 0.343 e. The van der Waals surface area contributed by atoms with Crippen molar-refractivity contribution in [2.75, 3.05) is 13.7 Å². The summed E-state index contributed by atoms with van der Waals surface area (Å²) in [5.41, 5.74) is 4.40. The van der Waals surface area contributed by atoms with Gasteiger partial charge in [0, 0.05) is 0 Å². The third-order valence-electron chi connectivity index (χ3n) is 4.25. The highest BCUT2D eigenvalue weighted by atomic mass is 16.5. The van der Waals surface area contributed by atoms with Gasteiger partial charge in [0.05, 0.1) is 18.9 Å². The largest absolute Gasteiger partial charge is 0.497 e. The SMILES string of the molecule is COc1ccc(C(=O)Oc2cccc(/C=N\NC(=O)COc3ccccc3C)c2)cc1. The van der Waals surface area contributed by atoms with E-state index in [2.05, 4.69) is 10.5 Å². The lowest BCUT2D eigenvalue weighted by Gasteiger charge is -2.07. The van der Waals surface area contributed by atoms with E-state index in [1.807, 2.05) is 25.1 Å². The number of hydrogen-bond acceptors (Lipinski definition) is 6. The lowest BCUT2D eigenvalue weighted by molar-refractivity contribution is -0.123. The van der Waals surface area contributed by atoms with Gasteiger partial charge in [-0.05, 0) is 60.5 Å². The molecule has 0 unspecified atom stereocenters. The second-order valence-electron chi connectivity index (χ2n) is 6.54. The highest BCUT2D eigenvalue weighted by Gasteiger charge is 2.09. The fourth-order valence-corrected chi connectivity index (χ4v) is 2.62. The summed E-state index contributed by atoms with van der Waals surface area (Å²) in [5.74, 6) is 0.785. The number of ether oxygens (including phenoxy) is 3. The number of esters is 1. The molecule has 0 spiro atoms. The van der Waals surface area contributed by atoms with Crippen molar-refractivity contribution in [1.29, 1.82) is 0 Å². The number of aryl methyl sites for hydroxylation is 1. The zero-order valence-corrected chi connectivity index (χ0v) is 17.2. The number of para-hydroxylation sites is 1. The van der Waals surface area contributed by atoms with Gasteiger partial charge in [-0.2, -0.15) is 5.10 Å². The van der Waals surface area contributed by atoms with E-state index in [0.29, 0.717) is 28.4 Å². The maximum atomic E-state index is 12.3. The van der Waals surface area contributed by atoms with Crippen molar-refractivity contribution in [3.8, 4) is 17.2 Å². The average Bonchev–Trinajstić information content (AvgIpc) is 2.79. The minimum atomic E-state index is -0.488. The number of benzene rings is 3. The molecule has 31 heavy (non-hydrogen) atoms. The number of methoxy groups -OCH3 is 1. The Balaban J connectivity index is 1.52. The van der Waals surface area contributed by atoms with Gasteiger partial charge < -0.3 is 14.2 Å². The van der Waals surface area contributed by atoms with Gasteiger partial charge in [-0.1, -0.05) is 30.3 Å². The van der Waals surface area contributed by atoms with E-state index in [1.54, 1.807) is 61.7 Å². The van der Waals surface area contributed by atoms with Crippen molar-refractivity contribution in [1.82, 2.24) is 5.43 Å². The van der Waals surface area contributed by atoms with Crippen molar-refractivity contribution in [2.45, 2.75) is 6.92 Å². The molecule has 7 heteroatoms. The molecule has 0 aliphatic carbocycles. The Labute approximate surface area is 180 Å². The van der Waals surface area contributed by atoms with Crippen LogP contribution in [0.25, 0.3) is 0 Å². The van der Waals surface area contributed by atoms with Gasteiger partial charge in [0.15, 0.2) is 6.61 Å². The number of nitrogens with zero attached hydrogens (tertiary/aromatic N) is 1. The molecule has 3 rings (SSSR count). The predicted molar refractivity (Wildman–Crippen MR) is 117 cm³/mol. The maximum absolute atomic E-state index is 12.3. The van der Waals surface area contributed by atoms with Crippen LogP contribution in [0.15, 0.2) is 77.9 Å². The molecule has 1 amide bonds. The van der Waals surface area contributed by atoms with Gasteiger partial charge in [-0.25, -0.2) is 10.2 Å².